The van der Waals surface area contributed by atoms with Crippen LogP contribution in [0.1, 0.15) is 6.92 Å². The van der Waals surface area contributed by atoms with Crippen molar-refractivity contribution in [3.8, 4) is 0 Å². The molecular formula is C4H11NO4S. The normalized spacial score (nSPS) is 21.4. The molecule has 1 fully saturated rings. The number of nitrogens with two attached hydrogens (primary N) is 1. The van der Waals surface area contributed by atoms with Gasteiger partial charge in [0.2, 0.25) is 0 Å². The van der Waals surface area contributed by atoms with Crippen LogP contribution >= 0.6 is 0 Å². The molecule has 0 aromatic rings. The molecule has 0 unspecified atom stereocenters. The van der Waals surface area contributed by atoms with Gasteiger partial charge >= 0.3 is 10.4 Å². The average Bonchev–Trinajstić information content (AvgIpc) is 2.16. The number of rotatable bonds is 0. The molecule has 6 heteroatoms. The molecule has 1 aliphatic heterocycles. The molecule has 0 bridgehead atoms. The van der Waals surface area contributed by atoms with Gasteiger partial charge in [-0.2, -0.15) is 8.42 Å². The molecular weight excluding hydrogens is 158 g/mol. The molecule has 0 atom stereocenters. The highest BCUT2D eigenvalue weighted by Gasteiger charge is 2.17. The van der Waals surface area contributed by atoms with E-state index in [2.05, 4.69) is 8.37 Å². The van der Waals surface area contributed by atoms with Gasteiger partial charge in [0.15, 0.2) is 0 Å². The zero-order chi connectivity index (χ0) is 8.04. The van der Waals surface area contributed by atoms with E-state index in [1.54, 1.807) is 0 Å². The first-order valence-corrected chi connectivity index (χ1v) is 4.19. The topological polar surface area (TPSA) is 78.6 Å². The van der Waals surface area contributed by atoms with Crippen molar-refractivity contribution in [1.82, 2.24) is 0 Å². The molecule has 10 heavy (non-hydrogen) atoms. The second-order valence-electron chi connectivity index (χ2n) is 1.46. The maximum Gasteiger partial charge on any atom is 0.400 e. The second-order valence-corrected chi connectivity index (χ2v) is 2.75. The summed E-state index contributed by atoms with van der Waals surface area (Å²) in [5.74, 6) is 0. The highest BCUT2D eigenvalue weighted by atomic mass is 32.3. The predicted molar refractivity (Wildman–Crippen MR) is 35.6 cm³/mol. The SMILES string of the molecule is CCN.O=S1(=O)OCCO1. The summed E-state index contributed by atoms with van der Waals surface area (Å²) in [6, 6.07) is 0. The third kappa shape index (κ3) is 4.68. The van der Waals surface area contributed by atoms with Crippen molar-refractivity contribution in [3.63, 3.8) is 0 Å². The molecule has 0 spiro atoms. The highest BCUT2D eigenvalue weighted by molar-refractivity contribution is 7.82. The first kappa shape index (κ1) is 9.83. The summed E-state index contributed by atoms with van der Waals surface area (Å²) in [6.45, 7) is 2.96. The van der Waals surface area contributed by atoms with Gasteiger partial charge in [0.1, 0.15) is 0 Å². The molecule has 2 N–H and O–H groups in total. The molecule has 5 nitrogen and oxygen atoms in total. The Morgan fingerprint density at radius 3 is 1.80 bits per heavy atom. The zero-order valence-corrected chi connectivity index (χ0v) is 6.56. The van der Waals surface area contributed by atoms with Crippen LogP contribution in [0, 0.1) is 0 Å². The fraction of sp³-hybridized carbons (Fsp3) is 1.00. The minimum absolute atomic E-state index is 0.155. The predicted octanol–water partition coefficient (Wildman–Crippen LogP) is -0.757. The van der Waals surface area contributed by atoms with Crippen LogP contribution in [0.3, 0.4) is 0 Å². The Hall–Kier alpha value is -0.170. The molecule has 0 amide bonds. The van der Waals surface area contributed by atoms with Gasteiger partial charge in [-0.25, -0.2) is 8.37 Å². The van der Waals surface area contributed by atoms with Gasteiger partial charge in [-0.15, -0.1) is 0 Å². The molecule has 0 aromatic carbocycles. The van der Waals surface area contributed by atoms with Crippen LogP contribution < -0.4 is 5.73 Å². The lowest BCUT2D eigenvalue weighted by Crippen LogP contribution is -1.94. The molecule has 0 radical (unpaired) electrons. The van der Waals surface area contributed by atoms with Crippen LogP contribution in [-0.4, -0.2) is 28.2 Å². The molecule has 0 aromatic heterocycles. The van der Waals surface area contributed by atoms with E-state index < -0.39 is 10.4 Å². The Kier molecular flexibility index (Phi) is 4.54. The lowest BCUT2D eigenvalue weighted by Gasteiger charge is -1.82. The summed E-state index contributed by atoms with van der Waals surface area (Å²) in [7, 11) is -3.55. The standard InChI is InChI=1S/C2H7N.C2H4O4S/c1-2-3;3-7(4)5-1-2-6-7/h2-3H2,1H3;1-2H2. The van der Waals surface area contributed by atoms with Gasteiger partial charge in [0, 0.05) is 0 Å². The van der Waals surface area contributed by atoms with Crippen LogP contribution in [0.5, 0.6) is 0 Å². The van der Waals surface area contributed by atoms with E-state index in [0.29, 0.717) is 0 Å². The van der Waals surface area contributed by atoms with Crippen molar-refractivity contribution >= 4 is 10.4 Å². The Balaban J connectivity index is 0.000000236. The van der Waals surface area contributed by atoms with Gasteiger partial charge < -0.3 is 5.73 Å². The van der Waals surface area contributed by atoms with E-state index in [0.717, 1.165) is 6.54 Å². The van der Waals surface area contributed by atoms with Gasteiger partial charge in [0.25, 0.3) is 0 Å². The summed E-state index contributed by atoms with van der Waals surface area (Å²) in [6.07, 6.45) is 0. The van der Waals surface area contributed by atoms with Crippen molar-refractivity contribution in [2.45, 2.75) is 6.92 Å². The average molecular weight is 169 g/mol. The van der Waals surface area contributed by atoms with Crippen LogP contribution in [0.15, 0.2) is 0 Å². The van der Waals surface area contributed by atoms with Crippen molar-refractivity contribution in [2.75, 3.05) is 19.8 Å². The van der Waals surface area contributed by atoms with E-state index in [1.807, 2.05) is 6.92 Å². The number of hydrogen-bond donors (Lipinski definition) is 1. The highest BCUT2D eigenvalue weighted by Crippen LogP contribution is 2.02. The van der Waals surface area contributed by atoms with Crippen LogP contribution in [0.4, 0.5) is 0 Å². The van der Waals surface area contributed by atoms with Gasteiger partial charge in [-0.3, -0.25) is 0 Å². The largest absolute Gasteiger partial charge is 0.400 e. The Labute approximate surface area is 60.4 Å². The summed E-state index contributed by atoms with van der Waals surface area (Å²) < 4.78 is 28.2. The fourth-order valence-corrected chi connectivity index (χ4v) is 0.919. The van der Waals surface area contributed by atoms with Crippen molar-refractivity contribution in [2.24, 2.45) is 5.73 Å². The molecule has 0 aliphatic carbocycles. The molecule has 1 saturated heterocycles. The molecule has 0 saturated carbocycles. The smallest absolute Gasteiger partial charge is 0.331 e. The first-order chi connectivity index (χ1) is 4.62. The van der Waals surface area contributed by atoms with Gasteiger partial charge in [-0.1, -0.05) is 6.92 Å². The lowest BCUT2D eigenvalue weighted by molar-refractivity contribution is 0.360. The Morgan fingerprint density at radius 1 is 1.40 bits per heavy atom. The quantitative estimate of drug-likeness (QED) is 0.516. The molecule has 1 heterocycles. The van der Waals surface area contributed by atoms with Crippen molar-refractivity contribution in [3.05, 3.63) is 0 Å². The maximum atomic E-state index is 9.99. The van der Waals surface area contributed by atoms with E-state index >= 15 is 0 Å². The lowest BCUT2D eigenvalue weighted by atomic mass is 10.8. The van der Waals surface area contributed by atoms with E-state index in [1.165, 1.54) is 0 Å². The van der Waals surface area contributed by atoms with Crippen molar-refractivity contribution < 1.29 is 16.8 Å². The van der Waals surface area contributed by atoms with E-state index in [4.69, 9.17) is 5.73 Å². The van der Waals surface area contributed by atoms with Crippen LogP contribution in [0.25, 0.3) is 0 Å². The zero-order valence-electron chi connectivity index (χ0n) is 5.74. The van der Waals surface area contributed by atoms with Crippen molar-refractivity contribution in [1.29, 1.82) is 0 Å². The Morgan fingerprint density at radius 2 is 1.70 bits per heavy atom. The number of hydrogen-bond acceptors (Lipinski definition) is 5. The fourth-order valence-electron chi connectivity index (χ4n) is 0.306. The Bertz CT molecular complexity index is 152. The monoisotopic (exact) mass is 169 g/mol. The summed E-state index contributed by atoms with van der Waals surface area (Å²) in [5, 5.41) is 0. The van der Waals surface area contributed by atoms with Crippen LogP contribution in [0.2, 0.25) is 0 Å². The van der Waals surface area contributed by atoms with E-state index in [9.17, 15) is 8.42 Å². The molecule has 1 rings (SSSR count). The minimum atomic E-state index is -3.55. The first-order valence-electron chi connectivity index (χ1n) is 2.86. The third-order valence-electron chi connectivity index (χ3n) is 0.539. The maximum absolute atomic E-state index is 9.99. The van der Waals surface area contributed by atoms with Crippen LogP contribution in [-0.2, 0) is 18.8 Å². The third-order valence-corrected chi connectivity index (χ3v) is 1.45. The second kappa shape index (κ2) is 4.62. The molecule has 1 aliphatic rings. The van der Waals surface area contributed by atoms with Gasteiger partial charge in [-0.05, 0) is 6.54 Å². The molecule has 62 valence electrons. The minimum Gasteiger partial charge on any atom is -0.331 e. The summed E-state index contributed by atoms with van der Waals surface area (Å²) >= 11 is 0. The summed E-state index contributed by atoms with van der Waals surface area (Å²) in [4.78, 5) is 0. The van der Waals surface area contributed by atoms with E-state index in [-0.39, 0.29) is 13.2 Å². The van der Waals surface area contributed by atoms with Gasteiger partial charge in [0.05, 0.1) is 13.2 Å². The summed E-state index contributed by atoms with van der Waals surface area (Å²) in [5.41, 5.74) is 4.85.